The van der Waals surface area contributed by atoms with Crippen molar-refractivity contribution < 1.29 is 9.52 Å². The van der Waals surface area contributed by atoms with Gasteiger partial charge in [-0.2, -0.15) is 0 Å². The quantitative estimate of drug-likeness (QED) is 0.580. The first-order valence-electron chi connectivity index (χ1n) is 4.76. The van der Waals surface area contributed by atoms with Crippen LogP contribution in [-0.2, 0) is 0 Å². The highest BCUT2D eigenvalue weighted by Gasteiger charge is 2.08. The average Bonchev–Trinajstić information content (AvgIpc) is 2.29. The standard InChI is InChI=1S/C12H7NO3/c14-9-6-10-8(2-1-5-16-10)12-7(9)3-4-11(15)13-12/h1-6,14H. The number of phenols is 1. The van der Waals surface area contributed by atoms with E-state index < -0.39 is 0 Å². The molecule has 0 bridgehead atoms. The normalized spacial score (nSPS) is 11.0. The highest BCUT2D eigenvalue weighted by Crippen LogP contribution is 2.30. The average molecular weight is 213 g/mol. The first-order valence-corrected chi connectivity index (χ1v) is 4.76. The Morgan fingerprint density at radius 1 is 1.19 bits per heavy atom. The van der Waals surface area contributed by atoms with Gasteiger partial charge >= 0.3 is 0 Å². The van der Waals surface area contributed by atoms with Crippen molar-refractivity contribution in [2.45, 2.75) is 0 Å². The molecule has 4 heteroatoms. The van der Waals surface area contributed by atoms with Crippen LogP contribution in [0.5, 0.6) is 5.75 Å². The lowest BCUT2D eigenvalue weighted by Crippen LogP contribution is -2.02. The van der Waals surface area contributed by atoms with Crippen molar-refractivity contribution in [1.29, 1.82) is 0 Å². The van der Waals surface area contributed by atoms with Crippen molar-refractivity contribution in [3.63, 3.8) is 0 Å². The van der Waals surface area contributed by atoms with Gasteiger partial charge in [-0.25, -0.2) is 4.98 Å². The summed E-state index contributed by atoms with van der Waals surface area (Å²) >= 11 is 0. The molecule has 0 saturated heterocycles. The number of aromatic nitrogens is 1. The van der Waals surface area contributed by atoms with Gasteiger partial charge in [0.15, 0.2) is 0 Å². The smallest absolute Gasteiger partial charge is 0.270 e. The molecule has 3 rings (SSSR count). The highest BCUT2D eigenvalue weighted by molar-refractivity contribution is 6.05. The molecule has 16 heavy (non-hydrogen) atoms. The fourth-order valence-corrected chi connectivity index (χ4v) is 1.76. The number of hydrogen-bond acceptors (Lipinski definition) is 4. The first-order chi connectivity index (χ1) is 7.75. The SMILES string of the molecule is O=c1ccc2c(O)cc3occcc3c2n1. The Morgan fingerprint density at radius 3 is 2.94 bits per heavy atom. The largest absolute Gasteiger partial charge is 0.507 e. The van der Waals surface area contributed by atoms with Gasteiger partial charge < -0.3 is 9.52 Å². The maximum atomic E-state index is 11.2. The van der Waals surface area contributed by atoms with Crippen LogP contribution in [0.15, 0.2) is 45.8 Å². The van der Waals surface area contributed by atoms with Gasteiger partial charge in [0, 0.05) is 22.9 Å². The summed E-state index contributed by atoms with van der Waals surface area (Å²) in [6, 6.07) is 7.93. The van der Waals surface area contributed by atoms with Crippen LogP contribution >= 0.6 is 0 Å². The van der Waals surface area contributed by atoms with Crippen molar-refractivity contribution in [2.24, 2.45) is 0 Å². The molecule has 2 aromatic heterocycles. The Kier molecular flexibility index (Phi) is 1.71. The zero-order valence-electron chi connectivity index (χ0n) is 8.18. The zero-order chi connectivity index (χ0) is 11.1. The van der Waals surface area contributed by atoms with E-state index in [2.05, 4.69) is 4.98 Å². The summed E-state index contributed by atoms with van der Waals surface area (Å²) in [4.78, 5) is 15.1. The molecular formula is C12H7NO3. The molecular weight excluding hydrogens is 206 g/mol. The summed E-state index contributed by atoms with van der Waals surface area (Å²) in [5.74, 6) is 0.0601. The minimum absolute atomic E-state index is 0.0601. The molecule has 3 aromatic rings. The second-order valence-corrected chi connectivity index (χ2v) is 3.47. The van der Waals surface area contributed by atoms with E-state index in [1.807, 2.05) is 0 Å². The summed E-state index contributed by atoms with van der Waals surface area (Å²) in [7, 11) is 0. The van der Waals surface area contributed by atoms with Crippen LogP contribution in [0.1, 0.15) is 0 Å². The Morgan fingerprint density at radius 2 is 2.06 bits per heavy atom. The summed E-state index contributed by atoms with van der Waals surface area (Å²) in [6.07, 6.45) is 1.51. The van der Waals surface area contributed by atoms with E-state index in [0.717, 1.165) is 0 Å². The lowest BCUT2D eigenvalue weighted by atomic mass is 10.1. The van der Waals surface area contributed by atoms with Crippen LogP contribution in [0.25, 0.3) is 21.9 Å². The van der Waals surface area contributed by atoms with E-state index in [1.165, 1.54) is 18.4 Å². The van der Waals surface area contributed by atoms with E-state index in [1.54, 1.807) is 18.2 Å². The molecule has 0 atom stereocenters. The fourth-order valence-electron chi connectivity index (χ4n) is 1.76. The molecule has 0 spiro atoms. The lowest BCUT2D eigenvalue weighted by Gasteiger charge is -2.03. The molecule has 0 fully saturated rings. The van der Waals surface area contributed by atoms with Gasteiger partial charge in [0.05, 0.1) is 11.8 Å². The number of phenolic OH excluding ortho intramolecular Hbond substituents is 1. The van der Waals surface area contributed by atoms with Gasteiger partial charge in [0.2, 0.25) is 0 Å². The van der Waals surface area contributed by atoms with Gasteiger partial charge in [-0.3, -0.25) is 4.79 Å². The van der Waals surface area contributed by atoms with Crippen LogP contribution in [-0.4, -0.2) is 10.1 Å². The molecule has 2 heterocycles. The number of benzene rings is 1. The monoisotopic (exact) mass is 213 g/mol. The molecule has 0 saturated carbocycles. The third-order valence-electron chi connectivity index (χ3n) is 2.47. The molecule has 0 radical (unpaired) electrons. The van der Waals surface area contributed by atoms with Crippen molar-refractivity contribution in [1.82, 2.24) is 4.98 Å². The second-order valence-electron chi connectivity index (χ2n) is 3.47. The van der Waals surface area contributed by atoms with E-state index in [4.69, 9.17) is 4.42 Å². The molecule has 1 aromatic carbocycles. The highest BCUT2D eigenvalue weighted by atomic mass is 16.3. The molecule has 0 unspecified atom stereocenters. The summed E-state index contributed by atoms with van der Waals surface area (Å²) in [5, 5.41) is 11.0. The molecule has 0 aliphatic heterocycles. The van der Waals surface area contributed by atoms with Gasteiger partial charge in [-0.05, 0) is 18.2 Å². The molecule has 1 N–H and O–H groups in total. The molecule has 0 amide bonds. The van der Waals surface area contributed by atoms with Crippen molar-refractivity contribution >= 4 is 21.9 Å². The minimum Gasteiger partial charge on any atom is -0.507 e. The van der Waals surface area contributed by atoms with Gasteiger partial charge in [0.1, 0.15) is 11.3 Å². The Labute approximate surface area is 89.8 Å². The maximum Gasteiger partial charge on any atom is 0.270 e. The third kappa shape index (κ3) is 1.16. The fraction of sp³-hybridized carbons (Fsp3) is 0. The molecule has 78 valence electrons. The van der Waals surface area contributed by atoms with E-state index >= 15 is 0 Å². The van der Waals surface area contributed by atoms with E-state index in [-0.39, 0.29) is 11.3 Å². The summed E-state index contributed by atoms with van der Waals surface area (Å²) in [6.45, 7) is 0. The summed E-state index contributed by atoms with van der Waals surface area (Å²) in [5.41, 5.74) is 0.640. The van der Waals surface area contributed by atoms with E-state index in [9.17, 15) is 9.90 Å². The van der Waals surface area contributed by atoms with Gasteiger partial charge in [-0.15, -0.1) is 0 Å². The number of aromatic hydroxyl groups is 1. The van der Waals surface area contributed by atoms with E-state index in [0.29, 0.717) is 21.9 Å². The Bertz CT molecular complexity index is 746. The van der Waals surface area contributed by atoms with Crippen LogP contribution in [0.2, 0.25) is 0 Å². The number of fused-ring (bicyclic) bond motifs is 3. The third-order valence-corrected chi connectivity index (χ3v) is 2.47. The van der Waals surface area contributed by atoms with Gasteiger partial charge in [-0.1, -0.05) is 0 Å². The molecule has 0 aliphatic rings. The minimum atomic E-state index is -0.330. The molecule has 0 aliphatic carbocycles. The first kappa shape index (κ1) is 8.91. The Balaban J connectivity index is 2.66. The predicted octanol–water partition coefficient (Wildman–Crippen LogP) is 2.05. The van der Waals surface area contributed by atoms with Crippen LogP contribution in [0.3, 0.4) is 0 Å². The Hall–Kier alpha value is -2.36. The van der Waals surface area contributed by atoms with Crippen LogP contribution in [0, 0.1) is 0 Å². The van der Waals surface area contributed by atoms with Crippen molar-refractivity contribution in [2.75, 3.05) is 0 Å². The maximum absolute atomic E-state index is 11.2. The second kappa shape index (κ2) is 3.06. The lowest BCUT2D eigenvalue weighted by molar-refractivity contribution is 0.480. The van der Waals surface area contributed by atoms with Crippen molar-refractivity contribution in [3.8, 4) is 5.75 Å². The van der Waals surface area contributed by atoms with Crippen molar-refractivity contribution in [3.05, 3.63) is 46.9 Å². The number of hydrogen-bond donors (Lipinski definition) is 1. The zero-order valence-corrected chi connectivity index (χ0v) is 8.18. The molecule has 4 nitrogen and oxygen atoms in total. The van der Waals surface area contributed by atoms with Crippen LogP contribution < -0.4 is 5.56 Å². The number of pyridine rings is 1. The topological polar surface area (TPSA) is 63.3 Å². The number of rotatable bonds is 0. The summed E-state index contributed by atoms with van der Waals surface area (Å²) < 4.78 is 5.24. The predicted molar refractivity (Wildman–Crippen MR) is 59.4 cm³/mol. The number of nitrogens with zero attached hydrogens (tertiary/aromatic N) is 1. The van der Waals surface area contributed by atoms with Gasteiger partial charge in [0.25, 0.3) is 5.56 Å². The van der Waals surface area contributed by atoms with Crippen LogP contribution in [0.4, 0.5) is 0 Å².